The monoisotopic (exact) mass is 273 g/mol. The highest BCUT2D eigenvalue weighted by Crippen LogP contribution is 2.24. The smallest absolute Gasteiger partial charge is 0.200 e. The Morgan fingerprint density at radius 3 is 2.55 bits per heavy atom. The molecule has 0 aliphatic carbocycles. The van der Waals surface area contributed by atoms with Crippen molar-refractivity contribution in [1.29, 1.82) is 0 Å². The number of rotatable bonds is 7. The topological polar surface area (TPSA) is 53.1 Å². The molecule has 2 rings (SSSR count). The van der Waals surface area contributed by atoms with E-state index in [1.165, 1.54) is 19.3 Å². The summed E-state index contributed by atoms with van der Waals surface area (Å²) in [5.41, 5.74) is 8.16. The third kappa shape index (κ3) is 3.32. The number of nitrogens with two attached hydrogens (primary N) is 1. The van der Waals surface area contributed by atoms with Crippen molar-refractivity contribution >= 4 is 5.95 Å². The van der Waals surface area contributed by atoms with Crippen molar-refractivity contribution in [3.8, 4) is 17.0 Å². The molecule has 0 saturated carbocycles. The Kier molecular flexibility index (Phi) is 5.04. The summed E-state index contributed by atoms with van der Waals surface area (Å²) in [5.74, 6) is 1.45. The van der Waals surface area contributed by atoms with Gasteiger partial charge in [0.2, 0.25) is 5.95 Å². The summed E-state index contributed by atoms with van der Waals surface area (Å²) in [5, 5.41) is 0. The number of imidazole rings is 1. The van der Waals surface area contributed by atoms with Crippen LogP contribution in [0.5, 0.6) is 5.75 Å². The molecule has 4 heteroatoms. The molecule has 1 aromatic heterocycles. The van der Waals surface area contributed by atoms with E-state index in [-0.39, 0.29) is 0 Å². The predicted octanol–water partition coefficient (Wildman–Crippen LogP) is 3.72. The fraction of sp³-hybridized carbons (Fsp3) is 0.438. The number of unbranched alkanes of at least 4 members (excludes halogenated alkanes) is 3. The van der Waals surface area contributed by atoms with Crippen LogP contribution in [0.2, 0.25) is 0 Å². The summed E-state index contributed by atoms with van der Waals surface area (Å²) in [6.07, 6.45) is 6.72. The zero-order chi connectivity index (χ0) is 14.4. The molecule has 0 aliphatic rings. The normalized spacial score (nSPS) is 10.7. The van der Waals surface area contributed by atoms with Crippen LogP contribution in [0.25, 0.3) is 11.3 Å². The van der Waals surface area contributed by atoms with Crippen LogP contribution in [0.3, 0.4) is 0 Å². The Bertz CT molecular complexity index is 531. The average molecular weight is 273 g/mol. The van der Waals surface area contributed by atoms with Crippen LogP contribution in [-0.4, -0.2) is 16.7 Å². The number of hydrogen-bond acceptors (Lipinski definition) is 3. The summed E-state index contributed by atoms with van der Waals surface area (Å²) >= 11 is 0. The second-order valence-electron chi connectivity index (χ2n) is 4.94. The Hall–Kier alpha value is -1.97. The van der Waals surface area contributed by atoms with Crippen molar-refractivity contribution in [3.63, 3.8) is 0 Å². The number of nitrogen functional groups attached to an aromatic ring is 1. The Labute approximate surface area is 120 Å². The molecule has 0 spiro atoms. The highest BCUT2D eigenvalue weighted by atomic mass is 16.5. The summed E-state index contributed by atoms with van der Waals surface area (Å²) in [4.78, 5) is 4.24. The molecule has 0 unspecified atom stereocenters. The number of aromatic nitrogens is 2. The van der Waals surface area contributed by atoms with Crippen LogP contribution >= 0.6 is 0 Å². The van der Waals surface area contributed by atoms with Crippen molar-refractivity contribution in [1.82, 2.24) is 9.55 Å². The SMILES string of the molecule is CCCCCCn1c(-c2ccc(OC)cc2)cnc1N. The molecule has 20 heavy (non-hydrogen) atoms. The van der Waals surface area contributed by atoms with Crippen molar-refractivity contribution in [2.24, 2.45) is 0 Å². The van der Waals surface area contributed by atoms with Gasteiger partial charge in [0.25, 0.3) is 0 Å². The van der Waals surface area contributed by atoms with Gasteiger partial charge in [-0.25, -0.2) is 4.98 Å². The molecule has 2 aromatic rings. The average Bonchev–Trinajstić information content (AvgIpc) is 2.85. The van der Waals surface area contributed by atoms with Gasteiger partial charge < -0.3 is 15.0 Å². The van der Waals surface area contributed by atoms with E-state index in [4.69, 9.17) is 10.5 Å². The standard InChI is InChI=1S/C16H23N3O/c1-3-4-5-6-11-19-15(12-18-16(19)17)13-7-9-14(20-2)10-8-13/h7-10,12H,3-6,11H2,1-2H3,(H2,17,18). The maximum absolute atomic E-state index is 5.98. The van der Waals surface area contributed by atoms with Gasteiger partial charge in [0, 0.05) is 12.1 Å². The molecule has 0 fully saturated rings. The quantitative estimate of drug-likeness (QED) is 0.782. The van der Waals surface area contributed by atoms with E-state index in [2.05, 4.69) is 16.5 Å². The van der Waals surface area contributed by atoms with E-state index in [9.17, 15) is 0 Å². The number of methoxy groups -OCH3 is 1. The molecule has 4 nitrogen and oxygen atoms in total. The minimum atomic E-state index is 0.590. The molecular weight excluding hydrogens is 250 g/mol. The van der Waals surface area contributed by atoms with E-state index in [0.29, 0.717) is 5.95 Å². The first-order chi connectivity index (χ1) is 9.76. The molecule has 2 N–H and O–H groups in total. The molecule has 0 aliphatic heterocycles. The fourth-order valence-electron chi connectivity index (χ4n) is 2.31. The van der Waals surface area contributed by atoms with Gasteiger partial charge in [-0.2, -0.15) is 0 Å². The van der Waals surface area contributed by atoms with Gasteiger partial charge in [-0.1, -0.05) is 26.2 Å². The van der Waals surface area contributed by atoms with Gasteiger partial charge in [0.1, 0.15) is 5.75 Å². The fourth-order valence-corrected chi connectivity index (χ4v) is 2.31. The van der Waals surface area contributed by atoms with E-state index in [0.717, 1.165) is 30.0 Å². The summed E-state index contributed by atoms with van der Waals surface area (Å²) in [6, 6.07) is 8.00. The molecular formula is C16H23N3O. The first-order valence-corrected chi connectivity index (χ1v) is 7.21. The van der Waals surface area contributed by atoms with E-state index in [1.54, 1.807) is 7.11 Å². The van der Waals surface area contributed by atoms with E-state index in [1.807, 2.05) is 30.5 Å². The number of hydrogen-bond donors (Lipinski definition) is 1. The van der Waals surface area contributed by atoms with Crippen LogP contribution in [0, 0.1) is 0 Å². The Morgan fingerprint density at radius 2 is 1.90 bits per heavy atom. The molecule has 0 bridgehead atoms. The van der Waals surface area contributed by atoms with Crippen molar-refractivity contribution in [3.05, 3.63) is 30.5 Å². The van der Waals surface area contributed by atoms with Gasteiger partial charge in [0.15, 0.2) is 0 Å². The molecule has 0 amide bonds. The largest absolute Gasteiger partial charge is 0.497 e. The second kappa shape index (κ2) is 6.98. The third-order valence-electron chi connectivity index (χ3n) is 3.51. The molecule has 108 valence electrons. The van der Waals surface area contributed by atoms with Crippen LogP contribution in [0.4, 0.5) is 5.95 Å². The molecule has 1 aromatic carbocycles. The lowest BCUT2D eigenvalue weighted by Crippen LogP contribution is -2.05. The Balaban J connectivity index is 2.14. The zero-order valence-corrected chi connectivity index (χ0v) is 12.3. The van der Waals surface area contributed by atoms with Crippen molar-refractivity contribution in [2.45, 2.75) is 39.2 Å². The summed E-state index contributed by atoms with van der Waals surface area (Å²) in [6.45, 7) is 3.14. The molecule has 0 atom stereocenters. The number of anilines is 1. The number of ether oxygens (including phenoxy) is 1. The number of nitrogens with zero attached hydrogens (tertiary/aromatic N) is 2. The lowest BCUT2D eigenvalue weighted by atomic mass is 10.1. The molecule has 0 saturated heterocycles. The van der Waals surface area contributed by atoms with Gasteiger partial charge in [-0.3, -0.25) is 0 Å². The summed E-state index contributed by atoms with van der Waals surface area (Å²) < 4.78 is 7.28. The molecule has 0 radical (unpaired) electrons. The first-order valence-electron chi connectivity index (χ1n) is 7.21. The maximum atomic E-state index is 5.98. The highest BCUT2D eigenvalue weighted by Gasteiger charge is 2.09. The van der Waals surface area contributed by atoms with Gasteiger partial charge in [-0.15, -0.1) is 0 Å². The van der Waals surface area contributed by atoms with E-state index >= 15 is 0 Å². The van der Waals surface area contributed by atoms with Crippen molar-refractivity contribution in [2.75, 3.05) is 12.8 Å². The zero-order valence-electron chi connectivity index (χ0n) is 12.3. The minimum absolute atomic E-state index is 0.590. The lowest BCUT2D eigenvalue weighted by molar-refractivity contribution is 0.415. The third-order valence-corrected chi connectivity index (χ3v) is 3.51. The van der Waals surface area contributed by atoms with E-state index < -0.39 is 0 Å². The maximum Gasteiger partial charge on any atom is 0.200 e. The van der Waals surface area contributed by atoms with Crippen LogP contribution < -0.4 is 10.5 Å². The Morgan fingerprint density at radius 1 is 1.15 bits per heavy atom. The lowest BCUT2D eigenvalue weighted by Gasteiger charge is -2.10. The molecule has 1 heterocycles. The van der Waals surface area contributed by atoms with Crippen molar-refractivity contribution < 1.29 is 4.74 Å². The number of benzene rings is 1. The summed E-state index contributed by atoms with van der Waals surface area (Å²) in [7, 11) is 1.67. The second-order valence-corrected chi connectivity index (χ2v) is 4.94. The van der Waals surface area contributed by atoms with Gasteiger partial charge >= 0.3 is 0 Å². The predicted molar refractivity (Wildman–Crippen MR) is 82.8 cm³/mol. The van der Waals surface area contributed by atoms with Gasteiger partial charge in [-0.05, 0) is 30.7 Å². The van der Waals surface area contributed by atoms with Crippen LogP contribution in [0.15, 0.2) is 30.5 Å². The highest BCUT2D eigenvalue weighted by molar-refractivity contribution is 5.62. The van der Waals surface area contributed by atoms with Crippen LogP contribution in [0.1, 0.15) is 32.6 Å². The van der Waals surface area contributed by atoms with Gasteiger partial charge in [0.05, 0.1) is 19.0 Å². The minimum Gasteiger partial charge on any atom is -0.497 e. The first kappa shape index (κ1) is 14.4. The van der Waals surface area contributed by atoms with Crippen LogP contribution in [-0.2, 0) is 6.54 Å².